The van der Waals surface area contributed by atoms with Gasteiger partial charge < -0.3 is 25.0 Å². The number of aliphatic hydroxyl groups is 2. The molecule has 1 aliphatic rings. The van der Waals surface area contributed by atoms with E-state index < -0.39 is 24.4 Å². The zero-order valence-electron chi connectivity index (χ0n) is 35.4. The summed E-state index contributed by atoms with van der Waals surface area (Å²) in [5.74, 6) is -0.588. The van der Waals surface area contributed by atoms with Crippen molar-refractivity contribution < 1.29 is 29.3 Å². The van der Waals surface area contributed by atoms with Gasteiger partial charge in [0.1, 0.15) is 12.2 Å². The molecule has 0 saturated carbocycles. The molecule has 3 N–H and O–H groups in total. The zero-order valence-corrected chi connectivity index (χ0v) is 35.4. The summed E-state index contributed by atoms with van der Waals surface area (Å²) in [7, 11) is 0. The van der Waals surface area contributed by atoms with Gasteiger partial charge >= 0.3 is 5.97 Å². The molecule has 53 heavy (non-hydrogen) atoms. The van der Waals surface area contributed by atoms with Gasteiger partial charge in [0.15, 0.2) is 6.10 Å². The fraction of sp³-hybridized carbons (Fsp3) is 0.957. The Hall–Kier alpha value is -1.18. The van der Waals surface area contributed by atoms with Crippen molar-refractivity contribution in [2.45, 2.75) is 263 Å². The molecule has 4 atom stereocenters. The largest absolute Gasteiger partial charge is 0.457 e. The molecule has 0 spiro atoms. The smallest absolute Gasteiger partial charge is 0.309 e. The molecule has 1 rings (SSSR count). The minimum absolute atomic E-state index is 0.0995. The number of unbranched alkanes of at least 4 members (excludes halogenated alkanes) is 28. The van der Waals surface area contributed by atoms with Crippen LogP contribution >= 0.6 is 0 Å². The molecule has 0 unspecified atom stereocenters. The van der Waals surface area contributed by atoms with Crippen LogP contribution in [0.25, 0.3) is 0 Å². The van der Waals surface area contributed by atoms with Gasteiger partial charge in [-0.25, -0.2) is 0 Å². The number of aliphatic hydroxyl groups excluding tert-OH is 2. The first kappa shape index (κ1) is 49.8. The van der Waals surface area contributed by atoms with Crippen LogP contribution in [0.1, 0.15) is 239 Å². The van der Waals surface area contributed by atoms with Crippen LogP contribution in [-0.4, -0.2) is 59.7 Å². The van der Waals surface area contributed by atoms with E-state index in [4.69, 9.17) is 9.47 Å². The number of rotatable bonds is 38. The average Bonchev–Trinajstić information content (AvgIpc) is 3.15. The highest BCUT2D eigenvalue weighted by molar-refractivity contribution is 5.76. The Balaban J connectivity index is 2.61. The minimum atomic E-state index is -1.19. The van der Waals surface area contributed by atoms with Crippen LogP contribution in [0.15, 0.2) is 0 Å². The highest BCUT2D eigenvalue weighted by Crippen LogP contribution is 2.25. The Bertz CT molecular complexity index is 800. The monoisotopic (exact) mass is 752 g/mol. The number of carbonyl (C=O) groups is 2. The van der Waals surface area contributed by atoms with Crippen molar-refractivity contribution in [2.24, 2.45) is 5.92 Å². The summed E-state index contributed by atoms with van der Waals surface area (Å²) in [4.78, 5) is 26.8. The molecule has 7 nitrogen and oxygen atoms in total. The Morgan fingerprint density at radius 3 is 1.32 bits per heavy atom. The maximum atomic E-state index is 13.8. The summed E-state index contributed by atoms with van der Waals surface area (Å²) in [5.41, 5.74) is 0. The molecule has 0 aromatic rings. The third-order valence-corrected chi connectivity index (χ3v) is 11.5. The summed E-state index contributed by atoms with van der Waals surface area (Å²) in [6.45, 7) is 6.51. The molecule has 1 amide bonds. The summed E-state index contributed by atoms with van der Waals surface area (Å²) in [6.07, 6.45) is 37.6. The lowest BCUT2D eigenvalue weighted by molar-refractivity contribution is -0.194. The van der Waals surface area contributed by atoms with Gasteiger partial charge in [-0.2, -0.15) is 0 Å². The molecular formula is C46H89NO6. The topological polar surface area (TPSA) is 105 Å². The molecule has 0 bridgehead atoms. The van der Waals surface area contributed by atoms with Crippen molar-refractivity contribution in [1.82, 2.24) is 5.32 Å². The van der Waals surface area contributed by atoms with Crippen molar-refractivity contribution in [3.63, 3.8) is 0 Å². The van der Waals surface area contributed by atoms with Crippen LogP contribution in [0, 0.1) is 5.92 Å². The molecule has 1 aliphatic heterocycles. The fourth-order valence-corrected chi connectivity index (χ4v) is 7.90. The highest BCUT2D eigenvalue weighted by Gasteiger charge is 2.43. The number of amides is 1. The van der Waals surface area contributed by atoms with Gasteiger partial charge in [-0.15, -0.1) is 0 Å². The van der Waals surface area contributed by atoms with Crippen LogP contribution in [0.5, 0.6) is 0 Å². The first-order valence-corrected chi connectivity index (χ1v) is 23.4. The zero-order chi connectivity index (χ0) is 38.6. The van der Waals surface area contributed by atoms with Gasteiger partial charge in [-0.1, -0.05) is 213 Å². The van der Waals surface area contributed by atoms with Crippen molar-refractivity contribution in [1.29, 1.82) is 0 Å². The van der Waals surface area contributed by atoms with Gasteiger partial charge in [0, 0.05) is 6.42 Å². The first-order valence-electron chi connectivity index (χ1n) is 23.4. The maximum absolute atomic E-state index is 13.8. The van der Waals surface area contributed by atoms with Crippen molar-refractivity contribution in [2.75, 3.05) is 13.2 Å². The van der Waals surface area contributed by atoms with Gasteiger partial charge in [0.25, 0.3) is 0 Å². The van der Waals surface area contributed by atoms with Crippen LogP contribution < -0.4 is 5.32 Å². The standard InChI is InChI=1S/C46H89NO6/c1-4-7-10-13-16-19-22-25-28-31-34-37-43(49)47-41-39-52-42(38-48)44(50)45(41)53-46(51)40(35-32-29-26-23-20-17-14-11-8-5-2)36-33-30-27-24-21-18-15-12-9-6-3/h40-42,44-45,48,50H,4-39H2,1-3H3,(H,47,49)/t41-,42-,44-,45-/m1/s1. The van der Waals surface area contributed by atoms with E-state index in [9.17, 15) is 19.8 Å². The highest BCUT2D eigenvalue weighted by atomic mass is 16.6. The summed E-state index contributed by atoms with van der Waals surface area (Å²) < 4.78 is 11.8. The normalized spacial score (nSPS) is 18.8. The number of ether oxygens (including phenoxy) is 2. The fourth-order valence-electron chi connectivity index (χ4n) is 7.90. The van der Waals surface area contributed by atoms with Gasteiger partial charge in [0.05, 0.1) is 25.2 Å². The number of esters is 1. The second-order valence-corrected chi connectivity index (χ2v) is 16.5. The van der Waals surface area contributed by atoms with Crippen LogP contribution in [-0.2, 0) is 19.1 Å². The SMILES string of the molecule is CCCCCCCCCCCCCC(=O)N[C@@H]1CO[C@H](CO)[C@@H](O)[C@@H]1OC(=O)C(CCCCCCCCCCCC)CCCCCCCCCCCC. The number of hydrogen-bond acceptors (Lipinski definition) is 6. The molecule has 7 heteroatoms. The Labute approximate surface area is 328 Å². The molecule has 1 saturated heterocycles. The number of nitrogens with one attached hydrogen (secondary N) is 1. The third-order valence-electron chi connectivity index (χ3n) is 11.5. The van der Waals surface area contributed by atoms with E-state index in [1.54, 1.807) is 0 Å². The van der Waals surface area contributed by atoms with E-state index in [1.165, 1.54) is 154 Å². The van der Waals surface area contributed by atoms with Crippen LogP contribution in [0.2, 0.25) is 0 Å². The molecule has 0 aromatic carbocycles. The molecule has 1 heterocycles. The molecule has 314 valence electrons. The van der Waals surface area contributed by atoms with E-state index >= 15 is 0 Å². The first-order chi connectivity index (χ1) is 26.0. The van der Waals surface area contributed by atoms with E-state index in [0.29, 0.717) is 6.42 Å². The Morgan fingerprint density at radius 1 is 0.585 bits per heavy atom. The molecular weight excluding hydrogens is 663 g/mol. The van der Waals surface area contributed by atoms with E-state index in [-0.39, 0.29) is 31.0 Å². The average molecular weight is 752 g/mol. The van der Waals surface area contributed by atoms with Gasteiger partial charge in [-0.3, -0.25) is 9.59 Å². The van der Waals surface area contributed by atoms with Crippen LogP contribution in [0.4, 0.5) is 0 Å². The second kappa shape index (κ2) is 36.5. The lowest BCUT2D eigenvalue weighted by Crippen LogP contribution is -2.61. The van der Waals surface area contributed by atoms with E-state index in [1.807, 2.05) is 0 Å². The molecule has 0 aromatic heterocycles. The predicted molar refractivity (Wildman–Crippen MR) is 222 cm³/mol. The molecule has 1 fully saturated rings. The lowest BCUT2D eigenvalue weighted by atomic mass is 9.93. The van der Waals surface area contributed by atoms with Crippen molar-refractivity contribution >= 4 is 11.9 Å². The van der Waals surface area contributed by atoms with Crippen molar-refractivity contribution in [3.05, 3.63) is 0 Å². The van der Waals surface area contributed by atoms with Crippen LogP contribution in [0.3, 0.4) is 0 Å². The Morgan fingerprint density at radius 2 is 0.943 bits per heavy atom. The molecule has 0 radical (unpaired) electrons. The van der Waals surface area contributed by atoms with E-state index in [2.05, 4.69) is 26.1 Å². The Kier molecular flexibility index (Phi) is 34.3. The second-order valence-electron chi connectivity index (χ2n) is 16.5. The van der Waals surface area contributed by atoms with Crippen molar-refractivity contribution in [3.8, 4) is 0 Å². The number of hydrogen-bond donors (Lipinski definition) is 3. The van der Waals surface area contributed by atoms with E-state index in [0.717, 1.165) is 57.8 Å². The number of carbonyl (C=O) groups excluding carboxylic acids is 2. The third kappa shape index (κ3) is 27.1. The summed E-state index contributed by atoms with van der Waals surface area (Å²) >= 11 is 0. The summed E-state index contributed by atoms with van der Waals surface area (Å²) in [6, 6.07) is -0.632. The molecule has 0 aliphatic carbocycles. The van der Waals surface area contributed by atoms with Gasteiger partial charge in [0.2, 0.25) is 5.91 Å². The minimum Gasteiger partial charge on any atom is -0.457 e. The predicted octanol–water partition coefficient (Wildman–Crippen LogP) is 12.1. The maximum Gasteiger partial charge on any atom is 0.309 e. The summed E-state index contributed by atoms with van der Waals surface area (Å²) in [5, 5.41) is 24.0. The van der Waals surface area contributed by atoms with Gasteiger partial charge in [-0.05, 0) is 19.3 Å². The quantitative estimate of drug-likeness (QED) is 0.0428. The lowest BCUT2D eigenvalue weighted by Gasteiger charge is -2.39.